The van der Waals surface area contributed by atoms with Crippen molar-refractivity contribution in [3.8, 4) is 0 Å². The van der Waals surface area contributed by atoms with E-state index in [4.69, 9.17) is 14.9 Å². The van der Waals surface area contributed by atoms with Crippen LogP contribution in [0.5, 0.6) is 0 Å². The van der Waals surface area contributed by atoms with Crippen molar-refractivity contribution >= 4 is 17.5 Å². The predicted octanol–water partition coefficient (Wildman–Crippen LogP) is 0.485. The van der Waals surface area contributed by atoms with E-state index in [0.717, 1.165) is 0 Å². The fourth-order valence-corrected chi connectivity index (χ4v) is 2.21. The molecule has 0 aromatic carbocycles. The van der Waals surface area contributed by atoms with Crippen molar-refractivity contribution in [2.45, 2.75) is 40.0 Å². The van der Waals surface area contributed by atoms with Crippen LogP contribution in [0.1, 0.15) is 40.0 Å². The highest BCUT2D eigenvalue weighted by Gasteiger charge is 2.45. The van der Waals surface area contributed by atoms with E-state index in [1.165, 1.54) is 6.92 Å². The van der Waals surface area contributed by atoms with Gasteiger partial charge in [-0.1, -0.05) is 13.8 Å². The molecule has 0 rings (SSSR count). The summed E-state index contributed by atoms with van der Waals surface area (Å²) < 4.78 is 4.90. The molecule has 6 heteroatoms. The zero-order chi connectivity index (χ0) is 15.8. The lowest BCUT2D eigenvalue weighted by molar-refractivity contribution is -0.154. The van der Waals surface area contributed by atoms with Crippen LogP contribution in [-0.4, -0.2) is 47.6 Å². The van der Waals surface area contributed by atoms with Gasteiger partial charge in [0.2, 0.25) is 0 Å². The van der Waals surface area contributed by atoms with Crippen LogP contribution in [0.2, 0.25) is 0 Å². The number of hydrogen-bond donors (Lipinski definition) is 2. The number of Topliss-reactive ketones (excluding diaryl/α,β-unsaturated/α-hetero) is 2. The number of esters is 1. The summed E-state index contributed by atoms with van der Waals surface area (Å²) in [4.78, 5) is 35.5. The van der Waals surface area contributed by atoms with Gasteiger partial charge in [-0.2, -0.15) is 0 Å². The van der Waals surface area contributed by atoms with Gasteiger partial charge >= 0.3 is 5.97 Å². The minimum atomic E-state index is -1.47. The fourth-order valence-electron chi connectivity index (χ4n) is 2.21. The zero-order valence-electron chi connectivity index (χ0n) is 12.3. The van der Waals surface area contributed by atoms with Gasteiger partial charge in [0.05, 0.1) is 0 Å². The minimum absolute atomic E-state index is 0.0239. The molecule has 0 fully saturated rings. The maximum atomic E-state index is 12.3. The third-order valence-corrected chi connectivity index (χ3v) is 3.02. The molecule has 0 aromatic rings. The molecule has 0 aliphatic carbocycles. The Kier molecular flexibility index (Phi) is 8.25. The SMILES string of the molecule is CC(=O)OCC(CC(C)C)(C(=O)CCO)C(=O)CCO. The van der Waals surface area contributed by atoms with Gasteiger partial charge in [-0.3, -0.25) is 14.4 Å². The number of hydrogen-bond acceptors (Lipinski definition) is 6. The van der Waals surface area contributed by atoms with E-state index in [2.05, 4.69) is 0 Å². The number of carbonyl (C=O) groups is 3. The summed E-state index contributed by atoms with van der Waals surface area (Å²) in [5.74, 6) is -1.45. The third-order valence-electron chi connectivity index (χ3n) is 3.02. The van der Waals surface area contributed by atoms with Crippen LogP contribution >= 0.6 is 0 Å². The van der Waals surface area contributed by atoms with Crippen molar-refractivity contribution < 1.29 is 29.3 Å². The highest BCUT2D eigenvalue weighted by Crippen LogP contribution is 2.32. The van der Waals surface area contributed by atoms with Gasteiger partial charge in [0.15, 0.2) is 11.6 Å². The summed E-state index contributed by atoms with van der Waals surface area (Å²) in [5, 5.41) is 17.9. The predicted molar refractivity (Wildman–Crippen MR) is 71.9 cm³/mol. The molecular formula is C14H24O6. The molecule has 116 valence electrons. The van der Waals surface area contributed by atoms with E-state index in [9.17, 15) is 14.4 Å². The van der Waals surface area contributed by atoms with Crippen molar-refractivity contribution in [1.82, 2.24) is 0 Å². The second-order valence-electron chi connectivity index (χ2n) is 5.25. The van der Waals surface area contributed by atoms with Crippen LogP contribution in [0.15, 0.2) is 0 Å². The molecule has 0 aliphatic heterocycles. The molecule has 0 saturated heterocycles. The molecule has 0 bridgehead atoms. The van der Waals surface area contributed by atoms with Crippen molar-refractivity contribution in [1.29, 1.82) is 0 Å². The molecule has 0 unspecified atom stereocenters. The molecule has 0 aliphatic rings. The monoisotopic (exact) mass is 288 g/mol. The number of aliphatic hydroxyl groups excluding tert-OH is 2. The lowest BCUT2D eigenvalue weighted by Crippen LogP contribution is -2.45. The van der Waals surface area contributed by atoms with Gasteiger partial charge in [-0.05, 0) is 12.3 Å². The van der Waals surface area contributed by atoms with Gasteiger partial charge in [0.1, 0.15) is 12.0 Å². The van der Waals surface area contributed by atoms with E-state index in [1.807, 2.05) is 13.8 Å². The Bertz CT molecular complexity index is 330. The van der Waals surface area contributed by atoms with E-state index in [-0.39, 0.29) is 45.0 Å². The van der Waals surface area contributed by atoms with E-state index in [0.29, 0.717) is 0 Å². The Hall–Kier alpha value is -1.27. The summed E-state index contributed by atoms with van der Waals surface area (Å²) in [7, 11) is 0. The average Bonchev–Trinajstić information content (AvgIpc) is 2.34. The topological polar surface area (TPSA) is 101 Å². The Morgan fingerprint density at radius 2 is 1.50 bits per heavy atom. The lowest BCUT2D eigenvalue weighted by atomic mass is 9.72. The Labute approximate surface area is 119 Å². The molecule has 0 aromatic heterocycles. The standard InChI is InChI=1S/C14H24O6/c1-10(2)8-14(9-20-11(3)17,12(18)4-6-15)13(19)5-7-16/h10,15-16H,4-9H2,1-3H3. The van der Waals surface area contributed by atoms with Crippen LogP contribution in [-0.2, 0) is 19.1 Å². The highest BCUT2D eigenvalue weighted by molar-refractivity contribution is 6.07. The summed E-state index contributed by atoms with van der Waals surface area (Å²) in [6, 6.07) is 0. The van der Waals surface area contributed by atoms with E-state index >= 15 is 0 Å². The first-order valence-electron chi connectivity index (χ1n) is 6.71. The fraction of sp³-hybridized carbons (Fsp3) is 0.786. The van der Waals surface area contributed by atoms with Crippen LogP contribution in [0, 0.1) is 11.3 Å². The number of aliphatic hydroxyl groups is 2. The first-order chi connectivity index (χ1) is 9.30. The maximum Gasteiger partial charge on any atom is 0.302 e. The Morgan fingerprint density at radius 1 is 1.05 bits per heavy atom. The van der Waals surface area contributed by atoms with Crippen LogP contribution in [0.25, 0.3) is 0 Å². The molecular weight excluding hydrogens is 264 g/mol. The molecule has 0 heterocycles. The quantitative estimate of drug-likeness (QED) is 0.448. The number of ketones is 2. The normalized spacial score (nSPS) is 11.5. The van der Waals surface area contributed by atoms with Gasteiger partial charge in [-0.15, -0.1) is 0 Å². The molecule has 0 radical (unpaired) electrons. The summed E-state index contributed by atoms with van der Waals surface area (Å²) in [6.07, 6.45) is -0.131. The second-order valence-corrected chi connectivity index (χ2v) is 5.25. The van der Waals surface area contributed by atoms with Gasteiger partial charge in [0, 0.05) is 33.0 Å². The van der Waals surface area contributed by atoms with Gasteiger partial charge in [0.25, 0.3) is 0 Å². The lowest BCUT2D eigenvalue weighted by Gasteiger charge is -2.31. The number of ether oxygens (including phenoxy) is 1. The second kappa shape index (κ2) is 8.81. The summed E-state index contributed by atoms with van der Waals surface area (Å²) in [6.45, 7) is 3.82. The first-order valence-corrected chi connectivity index (χ1v) is 6.71. The maximum absolute atomic E-state index is 12.3. The largest absolute Gasteiger partial charge is 0.464 e. The molecule has 2 N–H and O–H groups in total. The summed E-state index contributed by atoms with van der Waals surface area (Å²) >= 11 is 0. The molecule has 0 saturated carbocycles. The Morgan fingerprint density at radius 3 is 1.80 bits per heavy atom. The van der Waals surface area contributed by atoms with Crippen molar-refractivity contribution in [3.63, 3.8) is 0 Å². The van der Waals surface area contributed by atoms with Gasteiger partial charge < -0.3 is 14.9 Å². The molecule has 0 atom stereocenters. The van der Waals surface area contributed by atoms with Crippen molar-refractivity contribution in [3.05, 3.63) is 0 Å². The van der Waals surface area contributed by atoms with Gasteiger partial charge in [-0.25, -0.2) is 0 Å². The average molecular weight is 288 g/mol. The smallest absolute Gasteiger partial charge is 0.302 e. The molecule has 20 heavy (non-hydrogen) atoms. The third kappa shape index (κ3) is 5.38. The molecule has 0 amide bonds. The van der Waals surface area contributed by atoms with Crippen LogP contribution < -0.4 is 0 Å². The van der Waals surface area contributed by atoms with Crippen LogP contribution in [0.4, 0.5) is 0 Å². The minimum Gasteiger partial charge on any atom is -0.464 e. The van der Waals surface area contributed by atoms with Crippen molar-refractivity contribution in [2.24, 2.45) is 11.3 Å². The van der Waals surface area contributed by atoms with Crippen molar-refractivity contribution in [2.75, 3.05) is 19.8 Å². The van der Waals surface area contributed by atoms with E-state index < -0.39 is 23.0 Å². The first kappa shape index (κ1) is 18.7. The number of rotatable bonds is 10. The Balaban J connectivity index is 5.42. The summed E-state index contributed by atoms with van der Waals surface area (Å²) in [5.41, 5.74) is -1.47. The zero-order valence-corrected chi connectivity index (χ0v) is 12.3. The highest BCUT2D eigenvalue weighted by atomic mass is 16.5. The van der Waals surface area contributed by atoms with Crippen LogP contribution in [0.3, 0.4) is 0 Å². The molecule has 0 spiro atoms. The number of carbonyl (C=O) groups excluding carboxylic acids is 3. The van der Waals surface area contributed by atoms with E-state index in [1.54, 1.807) is 0 Å². The molecule has 6 nitrogen and oxygen atoms in total.